The standard InChI is InChI=1S/C8H4ClF2N5OS/c1-3-2-4(17-15-3)5-14-16-6(8(9,10)11)12-13-7(16)18-5/h2H,1H3. The van der Waals surface area contributed by atoms with Crippen molar-refractivity contribution in [1.82, 2.24) is 25.0 Å². The second-order valence-corrected chi connectivity index (χ2v) is 4.89. The molecular weight excluding hydrogens is 288 g/mol. The van der Waals surface area contributed by atoms with Gasteiger partial charge in [0.05, 0.1) is 5.69 Å². The van der Waals surface area contributed by atoms with Crippen LogP contribution in [0.2, 0.25) is 0 Å². The molecule has 0 saturated carbocycles. The summed E-state index contributed by atoms with van der Waals surface area (Å²) in [5.41, 5.74) is 0.666. The molecule has 0 aliphatic carbocycles. The van der Waals surface area contributed by atoms with Crippen LogP contribution in [0.25, 0.3) is 15.7 Å². The van der Waals surface area contributed by atoms with E-state index in [9.17, 15) is 8.78 Å². The Balaban J connectivity index is 2.15. The van der Waals surface area contributed by atoms with Gasteiger partial charge < -0.3 is 4.52 Å². The number of alkyl halides is 3. The van der Waals surface area contributed by atoms with Crippen molar-refractivity contribution in [2.75, 3.05) is 0 Å². The molecule has 0 aliphatic rings. The molecule has 0 N–H and O–H groups in total. The fraction of sp³-hybridized carbons (Fsp3) is 0.250. The number of rotatable bonds is 2. The van der Waals surface area contributed by atoms with E-state index in [1.165, 1.54) is 0 Å². The molecule has 0 atom stereocenters. The van der Waals surface area contributed by atoms with Crippen molar-refractivity contribution in [3.8, 4) is 10.8 Å². The van der Waals surface area contributed by atoms with E-state index >= 15 is 0 Å². The SMILES string of the molecule is Cc1cc(-c2nn3c(C(F)(F)Cl)nnc3s2)on1. The van der Waals surface area contributed by atoms with Gasteiger partial charge in [0.15, 0.2) is 10.8 Å². The lowest BCUT2D eigenvalue weighted by Gasteiger charge is -2.01. The topological polar surface area (TPSA) is 69.1 Å². The van der Waals surface area contributed by atoms with Gasteiger partial charge in [0.25, 0.3) is 0 Å². The van der Waals surface area contributed by atoms with E-state index in [4.69, 9.17) is 16.1 Å². The Kier molecular flexibility index (Phi) is 2.35. The van der Waals surface area contributed by atoms with E-state index in [0.29, 0.717) is 16.5 Å². The maximum absolute atomic E-state index is 13.0. The Bertz CT molecular complexity index is 715. The first-order valence-electron chi connectivity index (χ1n) is 4.68. The van der Waals surface area contributed by atoms with Crippen molar-refractivity contribution in [3.05, 3.63) is 17.6 Å². The average molecular weight is 292 g/mol. The van der Waals surface area contributed by atoms with Gasteiger partial charge in [0, 0.05) is 6.07 Å². The summed E-state index contributed by atoms with van der Waals surface area (Å²) in [6, 6.07) is 1.64. The van der Waals surface area contributed by atoms with E-state index in [1.807, 2.05) is 0 Å². The van der Waals surface area contributed by atoms with Crippen molar-refractivity contribution >= 4 is 27.9 Å². The molecule has 0 radical (unpaired) electrons. The van der Waals surface area contributed by atoms with E-state index in [1.54, 1.807) is 13.0 Å². The molecule has 0 saturated heterocycles. The molecule has 0 spiro atoms. The van der Waals surface area contributed by atoms with Gasteiger partial charge in [-0.2, -0.15) is 13.3 Å². The Morgan fingerprint density at radius 3 is 2.83 bits per heavy atom. The fourth-order valence-electron chi connectivity index (χ4n) is 1.36. The highest BCUT2D eigenvalue weighted by Crippen LogP contribution is 2.33. The fourth-order valence-corrected chi connectivity index (χ4v) is 2.26. The maximum atomic E-state index is 13.0. The van der Waals surface area contributed by atoms with E-state index in [2.05, 4.69) is 20.5 Å². The molecule has 0 bridgehead atoms. The molecule has 3 aromatic heterocycles. The van der Waals surface area contributed by atoms with Gasteiger partial charge in [-0.15, -0.1) is 15.3 Å². The summed E-state index contributed by atoms with van der Waals surface area (Å²) in [6.07, 6.45) is 0. The zero-order valence-corrected chi connectivity index (χ0v) is 10.3. The first-order chi connectivity index (χ1) is 8.45. The molecule has 0 fully saturated rings. The maximum Gasteiger partial charge on any atom is 0.383 e. The zero-order chi connectivity index (χ0) is 12.9. The highest BCUT2D eigenvalue weighted by Gasteiger charge is 2.36. The summed E-state index contributed by atoms with van der Waals surface area (Å²) in [5, 5.41) is 11.3. The van der Waals surface area contributed by atoms with Gasteiger partial charge in [0.2, 0.25) is 10.8 Å². The van der Waals surface area contributed by atoms with Crippen LogP contribution >= 0.6 is 22.9 Å². The van der Waals surface area contributed by atoms with Crippen LogP contribution in [0.1, 0.15) is 11.5 Å². The lowest BCUT2D eigenvalue weighted by molar-refractivity contribution is 0.0821. The number of nitrogens with zero attached hydrogens (tertiary/aromatic N) is 5. The third kappa shape index (κ3) is 1.75. The molecule has 0 unspecified atom stereocenters. The molecule has 3 aromatic rings. The first-order valence-corrected chi connectivity index (χ1v) is 5.88. The van der Waals surface area contributed by atoms with Gasteiger partial charge in [-0.3, -0.25) is 0 Å². The van der Waals surface area contributed by atoms with Crippen LogP contribution in [0.5, 0.6) is 0 Å². The van der Waals surface area contributed by atoms with Gasteiger partial charge in [-0.25, -0.2) is 0 Å². The number of halogens is 3. The lowest BCUT2D eigenvalue weighted by atomic mass is 10.4. The Hall–Kier alpha value is -1.61. The van der Waals surface area contributed by atoms with Gasteiger partial charge in [0.1, 0.15) is 0 Å². The third-order valence-corrected chi connectivity index (χ3v) is 3.17. The highest BCUT2D eigenvalue weighted by molar-refractivity contribution is 7.19. The number of fused-ring (bicyclic) bond motifs is 1. The van der Waals surface area contributed by atoms with Crippen LogP contribution in [0.15, 0.2) is 10.6 Å². The largest absolute Gasteiger partial charge is 0.383 e. The monoisotopic (exact) mass is 291 g/mol. The predicted molar refractivity (Wildman–Crippen MR) is 58.6 cm³/mol. The average Bonchev–Trinajstić information content (AvgIpc) is 2.87. The Morgan fingerprint density at radius 1 is 1.44 bits per heavy atom. The molecule has 0 amide bonds. The summed E-state index contributed by atoms with van der Waals surface area (Å²) in [4.78, 5) is 0.203. The second-order valence-electron chi connectivity index (χ2n) is 3.46. The molecular formula is C8H4ClF2N5OS. The quantitative estimate of drug-likeness (QED) is 0.678. The summed E-state index contributed by atoms with van der Waals surface area (Å²) >= 11 is 5.96. The van der Waals surface area contributed by atoms with E-state index in [0.717, 1.165) is 15.9 Å². The number of aryl methyl sites for hydroxylation is 1. The third-order valence-electron chi connectivity index (χ3n) is 2.08. The van der Waals surface area contributed by atoms with Crippen molar-refractivity contribution < 1.29 is 13.3 Å². The second kappa shape index (κ2) is 3.69. The molecule has 10 heteroatoms. The highest BCUT2D eigenvalue weighted by atomic mass is 35.5. The zero-order valence-electron chi connectivity index (χ0n) is 8.76. The van der Waals surface area contributed by atoms with Crippen LogP contribution in [0.3, 0.4) is 0 Å². The van der Waals surface area contributed by atoms with Crippen molar-refractivity contribution in [2.45, 2.75) is 12.3 Å². The van der Waals surface area contributed by atoms with Gasteiger partial charge >= 0.3 is 5.38 Å². The summed E-state index contributed by atoms with van der Waals surface area (Å²) < 4.78 is 31.9. The Labute approximate surface area is 107 Å². The molecule has 94 valence electrons. The van der Waals surface area contributed by atoms with Gasteiger partial charge in [-0.1, -0.05) is 16.5 Å². The first kappa shape index (κ1) is 11.5. The minimum absolute atomic E-state index is 0.203. The molecule has 3 rings (SSSR count). The molecule has 6 nitrogen and oxygen atoms in total. The predicted octanol–water partition coefficient (Wildman–Crippen LogP) is 2.44. The normalized spacial score (nSPS) is 12.4. The number of hydrogen-bond donors (Lipinski definition) is 0. The van der Waals surface area contributed by atoms with Crippen LogP contribution in [0, 0.1) is 6.92 Å². The van der Waals surface area contributed by atoms with E-state index in [-0.39, 0.29) is 4.96 Å². The van der Waals surface area contributed by atoms with Crippen LogP contribution in [-0.4, -0.2) is 25.0 Å². The minimum Gasteiger partial charge on any atom is -0.353 e. The van der Waals surface area contributed by atoms with Gasteiger partial charge in [-0.05, 0) is 18.5 Å². The minimum atomic E-state index is -3.62. The van der Waals surface area contributed by atoms with Crippen LogP contribution < -0.4 is 0 Å². The summed E-state index contributed by atoms with van der Waals surface area (Å²) in [7, 11) is 0. The molecule has 0 aromatic carbocycles. The molecule has 0 aliphatic heterocycles. The van der Waals surface area contributed by atoms with Crippen molar-refractivity contribution in [3.63, 3.8) is 0 Å². The summed E-state index contributed by atoms with van der Waals surface area (Å²) in [6.45, 7) is 1.74. The van der Waals surface area contributed by atoms with Crippen LogP contribution in [0.4, 0.5) is 8.78 Å². The van der Waals surface area contributed by atoms with Crippen molar-refractivity contribution in [2.24, 2.45) is 0 Å². The Morgan fingerprint density at radius 2 is 2.22 bits per heavy atom. The molecule has 18 heavy (non-hydrogen) atoms. The smallest absolute Gasteiger partial charge is 0.353 e. The van der Waals surface area contributed by atoms with Crippen LogP contribution in [-0.2, 0) is 5.38 Å². The molecule has 3 heterocycles. The number of hydrogen-bond acceptors (Lipinski definition) is 6. The number of aromatic nitrogens is 5. The lowest BCUT2D eigenvalue weighted by Crippen LogP contribution is -2.10. The van der Waals surface area contributed by atoms with Crippen molar-refractivity contribution in [1.29, 1.82) is 0 Å². The summed E-state index contributed by atoms with van der Waals surface area (Å²) in [5.74, 6) is -0.343. The van der Waals surface area contributed by atoms with E-state index < -0.39 is 11.2 Å².